The SMILES string of the molecule is CSCC[C@H](NCCc1ccccc1)C(=O)NCCc1ccccc1. The second kappa shape index (κ2) is 11.7. The van der Waals surface area contributed by atoms with Crippen LogP contribution in [0.1, 0.15) is 17.5 Å². The minimum absolute atomic E-state index is 0.109. The van der Waals surface area contributed by atoms with Crippen molar-refractivity contribution in [2.45, 2.75) is 25.3 Å². The highest BCUT2D eigenvalue weighted by atomic mass is 32.2. The molecule has 2 aromatic carbocycles. The molecule has 3 nitrogen and oxygen atoms in total. The van der Waals surface area contributed by atoms with Gasteiger partial charge in [0.25, 0.3) is 0 Å². The van der Waals surface area contributed by atoms with Gasteiger partial charge in [0.2, 0.25) is 5.91 Å². The molecule has 0 aliphatic heterocycles. The Labute approximate surface area is 155 Å². The molecular formula is C21H28N2OS. The summed E-state index contributed by atoms with van der Waals surface area (Å²) in [4.78, 5) is 12.5. The van der Waals surface area contributed by atoms with Crippen LogP contribution in [0, 0.1) is 0 Å². The van der Waals surface area contributed by atoms with Crippen LogP contribution in [0.5, 0.6) is 0 Å². The Morgan fingerprint density at radius 3 is 2.04 bits per heavy atom. The Bertz CT molecular complexity index is 604. The first-order valence-electron chi connectivity index (χ1n) is 8.87. The van der Waals surface area contributed by atoms with Crippen LogP contribution in [0.2, 0.25) is 0 Å². The van der Waals surface area contributed by atoms with Crippen molar-refractivity contribution in [3.05, 3.63) is 71.8 Å². The number of rotatable bonds is 11. The van der Waals surface area contributed by atoms with Gasteiger partial charge in [-0.25, -0.2) is 0 Å². The molecule has 0 spiro atoms. The minimum Gasteiger partial charge on any atom is -0.354 e. The standard InChI is InChI=1S/C21H28N2OS/c1-25-17-14-20(22-15-12-18-8-4-2-5-9-18)21(24)23-16-13-19-10-6-3-7-11-19/h2-11,20,22H,12-17H2,1H3,(H,23,24)/t20-/m0/s1. The van der Waals surface area contributed by atoms with Crippen molar-refractivity contribution in [3.63, 3.8) is 0 Å². The molecule has 0 aliphatic rings. The van der Waals surface area contributed by atoms with Gasteiger partial charge in [-0.05, 0) is 48.9 Å². The zero-order valence-corrected chi connectivity index (χ0v) is 15.7. The van der Waals surface area contributed by atoms with Crippen LogP contribution in [-0.2, 0) is 17.6 Å². The van der Waals surface area contributed by atoms with E-state index in [1.54, 1.807) is 11.8 Å². The summed E-state index contributed by atoms with van der Waals surface area (Å²) >= 11 is 1.78. The third kappa shape index (κ3) is 7.76. The van der Waals surface area contributed by atoms with E-state index in [9.17, 15) is 4.79 Å². The highest BCUT2D eigenvalue weighted by Gasteiger charge is 2.16. The molecule has 4 heteroatoms. The first-order chi connectivity index (χ1) is 12.3. The van der Waals surface area contributed by atoms with E-state index >= 15 is 0 Å². The molecule has 0 fully saturated rings. The molecule has 1 amide bonds. The summed E-state index contributed by atoms with van der Waals surface area (Å²) in [5, 5.41) is 6.50. The molecule has 0 bridgehead atoms. The maximum Gasteiger partial charge on any atom is 0.237 e. The van der Waals surface area contributed by atoms with E-state index < -0.39 is 0 Å². The van der Waals surface area contributed by atoms with E-state index in [4.69, 9.17) is 0 Å². The van der Waals surface area contributed by atoms with Crippen LogP contribution in [-0.4, -0.2) is 37.0 Å². The number of benzene rings is 2. The maximum absolute atomic E-state index is 12.5. The summed E-state index contributed by atoms with van der Waals surface area (Å²) in [6.45, 7) is 1.49. The molecule has 25 heavy (non-hydrogen) atoms. The summed E-state index contributed by atoms with van der Waals surface area (Å²) < 4.78 is 0. The third-order valence-corrected chi connectivity index (χ3v) is 4.77. The summed E-state index contributed by atoms with van der Waals surface area (Å²) in [6, 6.07) is 20.5. The monoisotopic (exact) mass is 356 g/mol. The fraction of sp³-hybridized carbons (Fsp3) is 0.381. The topological polar surface area (TPSA) is 41.1 Å². The lowest BCUT2D eigenvalue weighted by Gasteiger charge is -2.18. The van der Waals surface area contributed by atoms with Crippen molar-refractivity contribution >= 4 is 17.7 Å². The molecule has 0 unspecified atom stereocenters. The highest BCUT2D eigenvalue weighted by Crippen LogP contribution is 2.04. The van der Waals surface area contributed by atoms with Gasteiger partial charge in [0.15, 0.2) is 0 Å². The van der Waals surface area contributed by atoms with E-state index in [2.05, 4.69) is 53.3 Å². The first kappa shape index (κ1) is 19.5. The number of amides is 1. The maximum atomic E-state index is 12.5. The second-order valence-corrected chi connectivity index (χ2v) is 7.04. The summed E-state index contributed by atoms with van der Waals surface area (Å²) in [7, 11) is 0. The van der Waals surface area contributed by atoms with Crippen molar-refractivity contribution < 1.29 is 4.79 Å². The Morgan fingerprint density at radius 2 is 1.48 bits per heavy atom. The molecule has 0 aromatic heterocycles. The Balaban J connectivity index is 1.75. The van der Waals surface area contributed by atoms with Crippen LogP contribution >= 0.6 is 11.8 Å². The number of hydrogen-bond acceptors (Lipinski definition) is 3. The molecule has 1 atom stereocenters. The normalized spacial score (nSPS) is 11.9. The van der Waals surface area contributed by atoms with Gasteiger partial charge < -0.3 is 10.6 Å². The summed E-state index contributed by atoms with van der Waals surface area (Å²) in [5.41, 5.74) is 2.55. The quantitative estimate of drug-likeness (QED) is 0.649. The summed E-state index contributed by atoms with van der Waals surface area (Å²) in [6.07, 6.45) is 4.74. The largest absolute Gasteiger partial charge is 0.354 e. The Kier molecular flexibility index (Phi) is 9.16. The molecule has 134 valence electrons. The molecule has 0 saturated heterocycles. The van der Waals surface area contributed by atoms with Gasteiger partial charge in [-0.15, -0.1) is 0 Å². The van der Waals surface area contributed by atoms with Gasteiger partial charge in [0, 0.05) is 6.54 Å². The fourth-order valence-corrected chi connectivity index (χ4v) is 3.17. The van der Waals surface area contributed by atoms with E-state index in [-0.39, 0.29) is 11.9 Å². The zero-order valence-electron chi connectivity index (χ0n) is 14.9. The fourth-order valence-electron chi connectivity index (χ4n) is 2.69. The number of hydrogen-bond donors (Lipinski definition) is 2. The van der Waals surface area contributed by atoms with E-state index in [1.165, 1.54) is 11.1 Å². The lowest BCUT2D eigenvalue weighted by Crippen LogP contribution is -2.45. The molecule has 0 aliphatic carbocycles. The van der Waals surface area contributed by atoms with Gasteiger partial charge in [-0.2, -0.15) is 11.8 Å². The lowest BCUT2D eigenvalue weighted by atomic mass is 10.1. The highest BCUT2D eigenvalue weighted by molar-refractivity contribution is 7.98. The Hall–Kier alpha value is -1.78. The van der Waals surface area contributed by atoms with Crippen molar-refractivity contribution in [1.82, 2.24) is 10.6 Å². The van der Waals surface area contributed by atoms with Gasteiger partial charge in [0.05, 0.1) is 6.04 Å². The zero-order chi connectivity index (χ0) is 17.7. The van der Waals surface area contributed by atoms with Crippen molar-refractivity contribution in [2.24, 2.45) is 0 Å². The molecular weight excluding hydrogens is 328 g/mol. The van der Waals surface area contributed by atoms with Crippen LogP contribution in [0.4, 0.5) is 0 Å². The first-order valence-corrected chi connectivity index (χ1v) is 10.3. The predicted octanol–water partition coefficient (Wildman–Crippen LogP) is 3.30. The third-order valence-electron chi connectivity index (χ3n) is 4.13. The van der Waals surface area contributed by atoms with Crippen molar-refractivity contribution in [3.8, 4) is 0 Å². The smallest absolute Gasteiger partial charge is 0.237 e. The average molecular weight is 357 g/mol. The number of carbonyl (C=O) groups excluding carboxylic acids is 1. The Morgan fingerprint density at radius 1 is 0.920 bits per heavy atom. The molecule has 2 aromatic rings. The predicted molar refractivity (Wildman–Crippen MR) is 108 cm³/mol. The van der Waals surface area contributed by atoms with Gasteiger partial charge in [-0.1, -0.05) is 60.7 Å². The van der Waals surface area contributed by atoms with Crippen LogP contribution < -0.4 is 10.6 Å². The van der Waals surface area contributed by atoms with Crippen LogP contribution in [0.25, 0.3) is 0 Å². The molecule has 0 heterocycles. The second-order valence-electron chi connectivity index (χ2n) is 6.05. The van der Waals surface area contributed by atoms with Crippen LogP contribution in [0.15, 0.2) is 60.7 Å². The van der Waals surface area contributed by atoms with Gasteiger partial charge in [0.1, 0.15) is 0 Å². The van der Waals surface area contributed by atoms with Gasteiger partial charge >= 0.3 is 0 Å². The molecule has 2 N–H and O–H groups in total. The van der Waals surface area contributed by atoms with Crippen molar-refractivity contribution in [1.29, 1.82) is 0 Å². The van der Waals surface area contributed by atoms with E-state index in [0.29, 0.717) is 6.54 Å². The van der Waals surface area contributed by atoms with Gasteiger partial charge in [-0.3, -0.25) is 4.79 Å². The summed E-state index contributed by atoms with van der Waals surface area (Å²) in [5.74, 6) is 1.09. The van der Waals surface area contributed by atoms with Crippen LogP contribution in [0.3, 0.4) is 0 Å². The van der Waals surface area contributed by atoms with E-state index in [1.807, 2.05) is 24.3 Å². The number of nitrogens with one attached hydrogen (secondary N) is 2. The number of thioether (sulfide) groups is 1. The molecule has 0 saturated carbocycles. The van der Waals surface area contributed by atoms with Crippen molar-refractivity contribution in [2.75, 3.05) is 25.1 Å². The number of carbonyl (C=O) groups is 1. The minimum atomic E-state index is -0.119. The van der Waals surface area contributed by atoms with E-state index in [0.717, 1.165) is 31.6 Å². The lowest BCUT2D eigenvalue weighted by molar-refractivity contribution is -0.123. The molecule has 0 radical (unpaired) electrons. The average Bonchev–Trinajstić information content (AvgIpc) is 2.66. The molecule has 2 rings (SSSR count).